The van der Waals surface area contributed by atoms with E-state index in [4.69, 9.17) is 5.41 Å². The Hall–Kier alpha value is -1.11. The van der Waals surface area contributed by atoms with E-state index in [9.17, 15) is 0 Å². The Morgan fingerprint density at radius 2 is 1.77 bits per heavy atom. The molecule has 1 nitrogen and oxygen atoms in total. The lowest BCUT2D eigenvalue weighted by atomic mass is 9.87. The van der Waals surface area contributed by atoms with Crippen molar-refractivity contribution in [2.45, 2.75) is 33.1 Å². The number of rotatable bonds is 0. The first-order valence-corrected chi connectivity index (χ1v) is 4.86. The minimum atomic E-state index is 0.823. The van der Waals surface area contributed by atoms with Crippen LogP contribution in [-0.2, 0) is 6.42 Å². The second-order valence-electron chi connectivity index (χ2n) is 3.93. The molecule has 1 aliphatic carbocycles. The van der Waals surface area contributed by atoms with Crippen molar-refractivity contribution in [1.29, 1.82) is 5.41 Å². The molecule has 2 rings (SSSR count). The van der Waals surface area contributed by atoms with Gasteiger partial charge in [0.25, 0.3) is 0 Å². The van der Waals surface area contributed by atoms with E-state index < -0.39 is 0 Å². The lowest BCUT2D eigenvalue weighted by Gasteiger charge is -2.18. The van der Waals surface area contributed by atoms with Crippen LogP contribution in [0.3, 0.4) is 0 Å². The van der Waals surface area contributed by atoms with Crippen molar-refractivity contribution in [3.8, 4) is 0 Å². The Labute approximate surface area is 79.3 Å². The fourth-order valence-electron chi connectivity index (χ4n) is 1.95. The third-order valence-electron chi connectivity index (χ3n) is 2.92. The maximum Gasteiger partial charge on any atom is 0.0389 e. The highest BCUT2D eigenvalue weighted by Crippen LogP contribution is 2.24. The SMILES string of the molecule is Cc1cc2c(cc1C)C(=N)CCC2. The Morgan fingerprint density at radius 3 is 2.54 bits per heavy atom. The van der Waals surface area contributed by atoms with Crippen LogP contribution < -0.4 is 0 Å². The quantitative estimate of drug-likeness (QED) is 0.623. The van der Waals surface area contributed by atoms with Crippen molar-refractivity contribution in [1.82, 2.24) is 0 Å². The Kier molecular flexibility index (Phi) is 1.95. The Bertz CT molecular complexity index is 364. The van der Waals surface area contributed by atoms with Crippen LogP contribution in [0.2, 0.25) is 0 Å². The molecule has 1 aromatic rings. The first-order valence-electron chi connectivity index (χ1n) is 4.86. The molecule has 1 aromatic carbocycles. The second kappa shape index (κ2) is 2.99. The summed E-state index contributed by atoms with van der Waals surface area (Å²) >= 11 is 0. The Balaban J connectivity index is 2.58. The normalized spacial score (nSPS) is 15.7. The molecule has 68 valence electrons. The molecular formula is C12H15N. The molecule has 1 aliphatic rings. The zero-order valence-electron chi connectivity index (χ0n) is 8.28. The van der Waals surface area contributed by atoms with Gasteiger partial charge in [0.2, 0.25) is 0 Å². The molecule has 0 atom stereocenters. The lowest BCUT2D eigenvalue weighted by molar-refractivity contribution is 0.833. The largest absolute Gasteiger partial charge is 0.305 e. The van der Waals surface area contributed by atoms with Gasteiger partial charge in [0.1, 0.15) is 0 Å². The van der Waals surface area contributed by atoms with Crippen molar-refractivity contribution >= 4 is 5.71 Å². The van der Waals surface area contributed by atoms with Crippen molar-refractivity contribution in [3.63, 3.8) is 0 Å². The molecule has 0 aromatic heterocycles. The standard InChI is InChI=1S/C12H15N/c1-8-6-10-4-3-5-12(13)11(10)7-9(8)2/h6-7,13H,3-5H2,1-2H3. The van der Waals surface area contributed by atoms with E-state index in [1.807, 2.05) is 0 Å². The number of nitrogens with one attached hydrogen (secondary N) is 1. The zero-order chi connectivity index (χ0) is 9.42. The van der Waals surface area contributed by atoms with E-state index in [-0.39, 0.29) is 0 Å². The molecule has 0 radical (unpaired) electrons. The average Bonchev–Trinajstić information content (AvgIpc) is 2.09. The van der Waals surface area contributed by atoms with Gasteiger partial charge in [-0.15, -0.1) is 0 Å². The van der Waals surface area contributed by atoms with Gasteiger partial charge in [-0.25, -0.2) is 0 Å². The maximum absolute atomic E-state index is 7.84. The minimum Gasteiger partial charge on any atom is -0.305 e. The molecule has 0 unspecified atom stereocenters. The molecule has 1 heteroatoms. The van der Waals surface area contributed by atoms with Crippen LogP contribution in [0.4, 0.5) is 0 Å². The molecule has 0 aliphatic heterocycles. The fourth-order valence-corrected chi connectivity index (χ4v) is 1.95. The van der Waals surface area contributed by atoms with Crippen LogP contribution in [-0.4, -0.2) is 5.71 Å². The van der Waals surface area contributed by atoms with Gasteiger partial charge in [-0.1, -0.05) is 6.07 Å². The van der Waals surface area contributed by atoms with E-state index in [0.717, 1.165) is 25.0 Å². The molecule has 0 fully saturated rings. The van der Waals surface area contributed by atoms with E-state index in [0.29, 0.717) is 0 Å². The Morgan fingerprint density at radius 1 is 1.08 bits per heavy atom. The highest BCUT2D eigenvalue weighted by molar-refractivity contribution is 6.00. The number of fused-ring (bicyclic) bond motifs is 1. The highest BCUT2D eigenvalue weighted by atomic mass is 14.4. The summed E-state index contributed by atoms with van der Waals surface area (Å²) in [5.41, 5.74) is 6.05. The molecule has 1 N–H and O–H groups in total. The second-order valence-corrected chi connectivity index (χ2v) is 3.93. The van der Waals surface area contributed by atoms with Gasteiger partial charge in [0.05, 0.1) is 0 Å². The highest BCUT2D eigenvalue weighted by Gasteiger charge is 2.14. The van der Waals surface area contributed by atoms with E-state index in [1.54, 1.807) is 0 Å². The van der Waals surface area contributed by atoms with Gasteiger partial charge in [-0.2, -0.15) is 0 Å². The molecule has 0 heterocycles. The van der Waals surface area contributed by atoms with Crippen LogP contribution >= 0.6 is 0 Å². The topological polar surface area (TPSA) is 23.9 Å². The van der Waals surface area contributed by atoms with Gasteiger partial charge < -0.3 is 5.41 Å². The van der Waals surface area contributed by atoms with Crippen molar-refractivity contribution in [2.24, 2.45) is 0 Å². The van der Waals surface area contributed by atoms with Crippen molar-refractivity contribution in [3.05, 3.63) is 34.4 Å². The van der Waals surface area contributed by atoms with Crippen LogP contribution in [0.1, 0.15) is 35.1 Å². The summed E-state index contributed by atoms with van der Waals surface area (Å²) in [5.74, 6) is 0. The number of hydrogen-bond acceptors (Lipinski definition) is 1. The molecular weight excluding hydrogens is 158 g/mol. The molecule has 0 saturated carbocycles. The fraction of sp³-hybridized carbons (Fsp3) is 0.417. The predicted molar refractivity (Wildman–Crippen MR) is 55.7 cm³/mol. The van der Waals surface area contributed by atoms with Crippen LogP contribution in [0.5, 0.6) is 0 Å². The summed E-state index contributed by atoms with van der Waals surface area (Å²) in [6, 6.07) is 4.42. The van der Waals surface area contributed by atoms with Crippen LogP contribution in [0.15, 0.2) is 12.1 Å². The van der Waals surface area contributed by atoms with Gasteiger partial charge >= 0.3 is 0 Å². The van der Waals surface area contributed by atoms with Gasteiger partial charge in [-0.3, -0.25) is 0 Å². The van der Waals surface area contributed by atoms with Crippen LogP contribution in [0, 0.1) is 19.3 Å². The number of hydrogen-bond donors (Lipinski definition) is 1. The number of benzene rings is 1. The summed E-state index contributed by atoms with van der Waals surface area (Å²) in [4.78, 5) is 0. The van der Waals surface area contributed by atoms with Gasteiger partial charge in [0, 0.05) is 5.71 Å². The van der Waals surface area contributed by atoms with E-state index >= 15 is 0 Å². The van der Waals surface area contributed by atoms with Gasteiger partial charge in [0.15, 0.2) is 0 Å². The van der Waals surface area contributed by atoms with Crippen molar-refractivity contribution in [2.75, 3.05) is 0 Å². The first-order chi connectivity index (χ1) is 6.18. The van der Waals surface area contributed by atoms with E-state index in [2.05, 4.69) is 26.0 Å². The third kappa shape index (κ3) is 1.39. The van der Waals surface area contributed by atoms with Crippen LogP contribution in [0.25, 0.3) is 0 Å². The molecule has 13 heavy (non-hydrogen) atoms. The minimum absolute atomic E-state index is 0.823. The van der Waals surface area contributed by atoms with Gasteiger partial charge in [-0.05, 0) is 61.4 Å². The summed E-state index contributed by atoms with van der Waals surface area (Å²) in [5, 5.41) is 7.84. The third-order valence-corrected chi connectivity index (χ3v) is 2.92. The number of aryl methyl sites for hydroxylation is 3. The summed E-state index contributed by atoms with van der Waals surface area (Å²) < 4.78 is 0. The maximum atomic E-state index is 7.84. The lowest BCUT2D eigenvalue weighted by Crippen LogP contribution is -2.11. The average molecular weight is 173 g/mol. The smallest absolute Gasteiger partial charge is 0.0389 e. The van der Waals surface area contributed by atoms with E-state index in [1.165, 1.54) is 22.3 Å². The predicted octanol–water partition coefficient (Wildman–Crippen LogP) is 3.01. The first kappa shape index (κ1) is 8.49. The molecule has 0 saturated heterocycles. The van der Waals surface area contributed by atoms with Crippen molar-refractivity contribution < 1.29 is 0 Å². The molecule has 0 amide bonds. The molecule has 0 bridgehead atoms. The summed E-state index contributed by atoms with van der Waals surface area (Å²) in [6.07, 6.45) is 3.25. The molecule has 0 spiro atoms. The zero-order valence-corrected chi connectivity index (χ0v) is 8.28. The summed E-state index contributed by atoms with van der Waals surface area (Å²) in [7, 11) is 0. The summed E-state index contributed by atoms with van der Waals surface area (Å²) in [6.45, 7) is 4.27. The monoisotopic (exact) mass is 173 g/mol.